The Kier molecular flexibility index (Phi) is 3.18. The van der Waals surface area contributed by atoms with Gasteiger partial charge >= 0.3 is 0 Å². The number of nitrogens with two attached hydrogens (primary N) is 1. The third kappa shape index (κ3) is 1.93. The minimum Gasteiger partial charge on any atom is -0.496 e. The summed E-state index contributed by atoms with van der Waals surface area (Å²) in [5, 5.41) is 1.05. The van der Waals surface area contributed by atoms with Gasteiger partial charge < -0.3 is 10.5 Å². The second-order valence-electron chi connectivity index (χ2n) is 4.07. The number of nitrogen functional groups attached to an aromatic ring is 1. The van der Waals surface area contributed by atoms with Crippen LogP contribution in [0.5, 0.6) is 5.75 Å². The van der Waals surface area contributed by atoms with Crippen LogP contribution in [0, 0.1) is 0 Å². The van der Waals surface area contributed by atoms with Gasteiger partial charge in [-0.05, 0) is 30.5 Å². The number of aryl methyl sites for hydroxylation is 1. The molecule has 0 atom stereocenters. The maximum absolute atomic E-state index is 5.95. The number of benzene rings is 1. The highest BCUT2D eigenvalue weighted by Gasteiger charge is 2.12. The van der Waals surface area contributed by atoms with Crippen LogP contribution in [0.2, 0.25) is 0 Å². The molecule has 0 amide bonds. The fourth-order valence-electron chi connectivity index (χ4n) is 2.13. The number of methoxy groups -OCH3 is 1. The summed E-state index contributed by atoms with van der Waals surface area (Å²) >= 11 is 0. The minimum absolute atomic E-state index is 0.570. The molecule has 0 saturated carbocycles. The van der Waals surface area contributed by atoms with Gasteiger partial charge in [-0.1, -0.05) is 19.9 Å². The zero-order chi connectivity index (χ0) is 12.4. The summed E-state index contributed by atoms with van der Waals surface area (Å²) in [6.45, 7) is 4.20. The maximum Gasteiger partial charge on any atom is 0.135 e. The van der Waals surface area contributed by atoms with Crippen molar-refractivity contribution in [2.75, 3.05) is 12.8 Å². The number of fused-ring (bicyclic) bond motifs is 1. The van der Waals surface area contributed by atoms with Gasteiger partial charge in [0.1, 0.15) is 11.6 Å². The van der Waals surface area contributed by atoms with Crippen LogP contribution in [0.4, 0.5) is 5.82 Å². The van der Waals surface area contributed by atoms with Crippen LogP contribution >= 0.6 is 0 Å². The largest absolute Gasteiger partial charge is 0.496 e. The van der Waals surface area contributed by atoms with E-state index in [2.05, 4.69) is 31.0 Å². The third-order valence-electron chi connectivity index (χ3n) is 3.10. The van der Waals surface area contributed by atoms with E-state index in [1.807, 2.05) is 6.07 Å². The van der Waals surface area contributed by atoms with Crippen molar-refractivity contribution in [3.8, 4) is 5.75 Å². The fourth-order valence-corrected chi connectivity index (χ4v) is 2.13. The molecule has 90 valence electrons. The lowest BCUT2D eigenvalue weighted by Crippen LogP contribution is -2.02. The van der Waals surface area contributed by atoms with Crippen molar-refractivity contribution in [3.05, 3.63) is 29.3 Å². The summed E-state index contributed by atoms with van der Waals surface area (Å²) in [7, 11) is 1.69. The van der Waals surface area contributed by atoms with Crippen LogP contribution in [0.1, 0.15) is 25.0 Å². The standard InChI is InChI=1S/C14H18N2O/c1-4-9-6-7-12-11(8-9)13(17-3)10(5-2)14(15)16-12/h6-8H,4-5H2,1-3H3,(H2,15,16). The zero-order valence-electron chi connectivity index (χ0n) is 10.6. The van der Waals surface area contributed by atoms with Gasteiger partial charge in [-0.2, -0.15) is 0 Å². The van der Waals surface area contributed by atoms with Crippen molar-refractivity contribution in [2.24, 2.45) is 0 Å². The van der Waals surface area contributed by atoms with Crippen LogP contribution in [-0.4, -0.2) is 12.1 Å². The van der Waals surface area contributed by atoms with Crippen molar-refractivity contribution in [1.29, 1.82) is 0 Å². The van der Waals surface area contributed by atoms with E-state index in [1.165, 1.54) is 5.56 Å². The predicted octanol–water partition coefficient (Wildman–Crippen LogP) is 2.95. The SMILES string of the molecule is CCc1ccc2nc(N)c(CC)c(OC)c2c1. The first-order valence-electron chi connectivity index (χ1n) is 5.96. The Hall–Kier alpha value is -1.77. The number of aromatic nitrogens is 1. The first-order valence-corrected chi connectivity index (χ1v) is 5.96. The Labute approximate surface area is 102 Å². The number of hydrogen-bond acceptors (Lipinski definition) is 3. The lowest BCUT2D eigenvalue weighted by atomic mass is 10.0. The second kappa shape index (κ2) is 4.62. The predicted molar refractivity (Wildman–Crippen MR) is 71.5 cm³/mol. The Bertz CT molecular complexity index is 549. The van der Waals surface area contributed by atoms with E-state index >= 15 is 0 Å². The molecule has 0 saturated heterocycles. The van der Waals surface area contributed by atoms with Crippen molar-refractivity contribution in [2.45, 2.75) is 26.7 Å². The van der Waals surface area contributed by atoms with Crippen LogP contribution in [0.3, 0.4) is 0 Å². The van der Waals surface area contributed by atoms with E-state index in [4.69, 9.17) is 10.5 Å². The molecule has 0 fully saturated rings. The average Bonchev–Trinajstić information content (AvgIpc) is 2.36. The first kappa shape index (κ1) is 11.7. The van der Waals surface area contributed by atoms with Crippen molar-refractivity contribution >= 4 is 16.7 Å². The molecule has 2 N–H and O–H groups in total. The lowest BCUT2D eigenvalue weighted by molar-refractivity contribution is 0.415. The van der Waals surface area contributed by atoms with E-state index < -0.39 is 0 Å². The van der Waals surface area contributed by atoms with E-state index in [0.29, 0.717) is 5.82 Å². The van der Waals surface area contributed by atoms with Gasteiger partial charge in [0, 0.05) is 10.9 Å². The number of anilines is 1. The Morgan fingerprint density at radius 2 is 2.00 bits per heavy atom. The quantitative estimate of drug-likeness (QED) is 0.881. The molecule has 0 spiro atoms. The average molecular weight is 230 g/mol. The van der Waals surface area contributed by atoms with Gasteiger partial charge in [0.15, 0.2) is 0 Å². The minimum atomic E-state index is 0.570. The summed E-state index contributed by atoms with van der Waals surface area (Å²) in [6.07, 6.45) is 1.83. The molecule has 0 aliphatic heterocycles. The van der Waals surface area contributed by atoms with Crippen LogP contribution in [-0.2, 0) is 12.8 Å². The van der Waals surface area contributed by atoms with Gasteiger partial charge in [-0.25, -0.2) is 4.98 Å². The van der Waals surface area contributed by atoms with E-state index in [-0.39, 0.29) is 0 Å². The number of nitrogens with zero attached hydrogens (tertiary/aromatic N) is 1. The topological polar surface area (TPSA) is 48.1 Å². The molecule has 2 rings (SSSR count). The van der Waals surface area contributed by atoms with Gasteiger partial charge in [-0.3, -0.25) is 0 Å². The molecule has 0 unspecified atom stereocenters. The molecular weight excluding hydrogens is 212 g/mol. The Morgan fingerprint density at radius 1 is 1.24 bits per heavy atom. The summed E-state index contributed by atoms with van der Waals surface area (Å²) in [5.41, 5.74) is 9.13. The van der Waals surface area contributed by atoms with E-state index in [1.54, 1.807) is 7.11 Å². The van der Waals surface area contributed by atoms with E-state index in [9.17, 15) is 0 Å². The van der Waals surface area contributed by atoms with Crippen molar-refractivity contribution < 1.29 is 4.74 Å². The molecule has 0 radical (unpaired) electrons. The number of pyridine rings is 1. The number of rotatable bonds is 3. The highest BCUT2D eigenvalue weighted by molar-refractivity contribution is 5.89. The second-order valence-corrected chi connectivity index (χ2v) is 4.07. The summed E-state index contributed by atoms with van der Waals surface area (Å²) < 4.78 is 5.51. The van der Waals surface area contributed by atoms with Gasteiger partial charge in [0.05, 0.1) is 12.6 Å². The lowest BCUT2D eigenvalue weighted by Gasteiger charge is -2.13. The van der Waals surface area contributed by atoms with Crippen LogP contribution in [0.15, 0.2) is 18.2 Å². The molecule has 0 aliphatic carbocycles. The van der Waals surface area contributed by atoms with Gasteiger partial charge in [0.2, 0.25) is 0 Å². The molecule has 1 aromatic heterocycles. The highest BCUT2D eigenvalue weighted by Crippen LogP contribution is 2.33. The number of hydrogen-bond donors (Lipinski definition) is 1. The zero-order valence-corrected chi connectivity index (χ0v) is 10.6. The molecule has 1 aromatic carbocycles. The van der Waals surface area contributed by atoms with Crippen LogP contribution in [0.25, 0.3) is 10.9 Å². The fraction of sp³-hybridized carbons (Fsp3) is 0.357. The molecule has 1 heterocycles. The normalized spacial score (nSPS) is 10.8. The molecule has 2 aromatic rings. The van der Waals surface area contributed by atoms with Crippen LogP contribution < -0.4 is 10.5 Å². The molecular formula is C14H18N2O. The molecule has 0 bridgehead atoms. The van der Waals surface area contributed by atoms with Gasteiger partial charge in [-0.15, -0.1) is 0 Å². The first-order chi connectivity index (χ1) is 8.21. The molecule has 0 aliphatic rings. The molecule has 3 heteroatoms. The smallest absolute Gasteiger partial charge is 0.135 e. The Morgan fingerprint density at radius 3 is 2.59 bits per heavy atom. The van der Waals surface area contributed by atoms with Gasteiger partial charge in [0.25, 0.3) is 0 Å². The molecule has 17 heavy (non-hydrogen) atoms. The monoisotopic (exact) mass is 230 g/mol. The maximum atomic E-state index is 5.95. The Balaban J connectivity index is 2.80. The third-order valence-corrected chi connectivity index (χ3v) is 3.10. The molecule has 3 nitrogen and oxygen atoms in total. The highest BCUT2D eigenvalue weighted by atomic mass is 16.5. The summed E-state index contributed by atoms with van der Waals surface area (Å²) in [4.78, 5) is 4.43. The van der Waals surface area contributed by atoms with E-state index in [0.717, 1.165) is 35.1 Å². The summed E-state index contributed by atoms with van der Waals surface area (Å²) in [6, 6.07) is 6.23. The van der Waals surface area contributed by atoms with Crippen molar-refractivity contribution in [3.63, 3.8) is 0 Å². The number of ether oxygens (including phenoxy) is 1. The van der Waals surface area contributed by atoms with Crippen molar-refractivity contribution in [1.82, 2.24) is 4.98 Å². The summed E-state index contributed by atoms with van der Waals surface area (Å²) in [5.74, 6) is 1.44.